The van der Waals surface area contributed by atoms with E-state index in [-0.39, 0.29) is 17.3 Å². The summed E-state index contributed by atoms with van der Waals surface area (Å²) < 4.78 is 7.37. The summed E-state index contributed by atoms with van der Waals surface area (Å²) in [6.45, 7) is 4.84. The fraction of sp³-hybridized carbons (Fsp3) is 0.200. The van der Waals surface area contributed by atoms with Gasteiger partial charge in [0.15, 0.2) is 5.56 Å². The smallest absolute Gasteiger partial charge is 0.253 e. The lowest BCUT2D eigenvalue weighted by molar-refractivity contribution is 0.288. The summed E-state index contributed by atoms with van der Waals surface area (Å²) in [4.78, 5) is 0. The standard InChI is InChI=1S/C20H19ClN4O/c1-13-3-6-16(14(2)9-13)12-26-20-18(10-22)19(23)25(24-20)11-15-4-7-17(21)8-5-15/h3-9H,11-12,23H2,1-2H3. The Balaban J connectivity index is 1.81. The van der Waals surface area contributed by atoms with Crippen LogP contribution in [-0.4, -0.2) is 9.78 Å². The second-order valence-corrected chi connectivity index (χ2v) is 6.62. The van der Waals surface area contributed by atoms with Gasteiger partial charge in [-0.25, -0.2) is 4.68 Å². The van der Waals surface area contributed by atoms with Gasteiger partial charge in [-0.3, -0.25) is 0 Å². The van der Waals surface area contributed by atoms with Crippen molar-refractivity contribution in [2.24, 2.45) is 0 Å². The van der Waals surface area contributed by atoms with E-state index in [4.69, 9.17) is 22.1 Å². The Hall–Kier alpha value is -2.97. The van der Waals surface area contributed by atoms with E-state index in [1.165, 1.54) is 5.56 Å². The number of benzene rings is 2. The molecule has 2 N–H and O–H groups in total. The largest absolute Gasteiger partial charge is 0.471 e. The van der Waals surface area contributed by atoms with Crippen molar-refractivity contribution in [3.8, 4) is 11.9 Å². The van der Waals surface area contributed by atoms with Crippen molar-refractivity contribution >= 4 is 17.4 Å². The molecule has 26 heavy (non-hydrogen) atoms. The zero-order valence-corrected chi connectivity index (χ0v) is 15.4. The molecule has 0 amide bonds. The molecular weight excluding hydrogens is 348 g/mol. The number of rotatable bonds is 5. The first kappa shape index (κ1) is 17.8. The molecule has 0 aliphatic heterocycles. The molecule has 2 aromatic carbocycles. The van der Waals surface area contributed by atoms with Gasteiger partial charge in [-0.15, -0.1) is 5.10 Å². The Morgan fingerprint density at radius 3 is 2.58 bits per heavy atom. The first-order valence-electron chi connectivity index (χ1n) is 8.17. The summed E-state index contributed by atoms with van der Waals surface area (Å²) in [5.41, 5.74) is 10.7. The van der Waals surface area contributed by atoms with E-state index < -0.39 is 0 Å². The van der Waals surface area contributed by atoms with Gasteiger partial charge in [0.25, 0.3) is 5.88 Å². The van der Waals surface area contributed by atoms with E-state index >= 15 is 0 Å². The van der Waals surface area contributed by atoms with Crippen LogP contribution in [0.1, 0.15) is 27.8 Å². The van der Waals surface area contributed by atoms with Crippen LogP contribution in [0.4, 0.5) is 5.82 Å². The molecule has 0 bridgehead atoms. The molecule has 0 atom stereocenters. The van der Waals surface area contributed by atoms with E-state index in [0.29, 0.717) is 18.2 Å². The quantitative estimate of drug-likeness (QED) is 0.732. The van der Waals surface area contributed by atoms with Gasteiger partial charge < -0.3 is 10.5 Å². The van der Waals surface area contributed by atoms with Crippen molar-refractivity contribution in [1.29, 1.82) is 5.26 Å². The number of nitrogens with two attached hydrogens (primary N) is 1. The zero-order chi connectivity index (χ0) is 18.7. The minimum atomic E-state index is 0.249. The molecule has 0 saturated carbocycles. The number of halogens is 1. The Kier molecular flexibility index (Phi) is 5.15. The summed E-state index contributed by atoms with van der Waals surface area (Å²) in [6.07, 6.45) is 0. The third kappa shape index (κ3) is 3.81. The van der Waals surface area contributed by atoms with Crippen LogP contribution >= 0.6 is 11.6 Å². The Morgan fingerprint density at radius 1 is 1.19 bits per heavy atom. The van der Waals surface area contributed by atoms with Crippen molar-refractivity contribution in [3.05, 3.63) is 75.3 Å². The van der Waals surface area contributed by atoms with Crippen LogP contribution in [0.3, 0.4) is 0 Å². The second-order valence-electron chi connectivity index (χ2n) is 6.18. The van der Waals surface area contributed by atoms with E-state index in [1.807, 2.05) is 38.1 Å². The van der Waals surface area contributed by atoms with Gasteiger partial charge in [-0.2, -0.15) is 5.26 Å². The number of nitrogen functional groups attached to an aromatic ring is 1. The first-order chi connectivity index (χ1) is 12.5. The minimum Gasteiger partial charge on any atom is -0.471 e. The van der Waals surface area contributed by atoms with Crippen LogP contribution in [0, 0.1) is 25.2 Å². The first-order valence-corrected chi connectivity index (χ1v) is 8.55. The Labute approximate surface area is 157 Å². The molecule has 5 nitrogen and oxygen atoms in total. The minimum absolute atomic E-state index is 0.249. The van der Waals surface area contributed by atoms with Crippen LogP contribution < -0.4 is 10.5 Å². The van der Waals surface area contributed by atoms with Crippen molar-refractivity contribution in [3.63, 3.8) is 0 Å². The summed E-state index contributed by atoms with van der Waals surface area (Å²) >= 11 is 5.91. The molecule has 3 aromatic rings. The van der Waals surface area contributed by atoms with Crippen molar-refractivity contribution in [2.45, 2.75) is 27.0 Å². The molecule has 0 aliphatic carbocycles. The molecule has 3 rings (SSSR count). The molecule has 0 fully saturated rings. The van der Waals surface area contributed by atoms with Gasteiger partial charge in [-0.05, 0) is 42.7 Å². The van der Waals surface area contributed by atoms with E-state index in [1.54, 1.807) is 16.8 Å². The van der Waals surface area contributed by atoms with E-state index in [9.17, 15) is 5.26 Å². The highest BCUT2D eigenvalue weighted by molar-refractivity contribution is 6.30. The van der Waals surface area contributed by atoms with Crippen molar-refractivity contribution in [2.75, 3.05) is 5.73 Å². The number of nitriles is 1. The molecule has 1 heterocycles. The maximum atomic E-state index is 9.42. The highest BCUT2D eigenvalue weighted by atomic mass is 35.5. The zero-order valence-electron chi connectivity index (χ0n) is 14.7. The third-order valence-electron chi connectivity index (χ3n) is 4.18. The molecule has 0 spiro atoms. The Bertz CT molecular complexity index is 971. The lowest BCUT2D eigenvalue weighted by Crippen LogP contribution is -2.06. The topological polar surface area (TPSA) is 76.9 Å². The average Bonchev–Trinajstić information content (AvgIpc) is 2.91. The Morgan fingerprint density at radius 2 is 1.92 bits per heavy atom. The second kappa shape index (κ2) is 7.51. The van der Waals surface area contributed by atoms with Crippen LogP contribution in [0.5, 0.6) is 5.88 Å². The van der Waals surface area contributed by atoms with Crippen LogP contribution in [0.2, 0.25) is 5.02 Å². The van der Waals surface area contributed by atoms with Gasteiger partial charge in [0.2, 0.25) is 0 Å². The molecule has 132 valence electrons. The van der Waals surface area contributed by atoms with Crippen LogP contribution in [-0.2, 0) is 13.2 Å². The fourth-order valence-electron chi connectivity index (χ4n) is 2.70. The highest BCUT2D eigenvalue weighted by Gasteiger charge is 2.17. The molecule has 1 aromatic heterocycles. The molecule has 0 aliphatic rings. The van der Waals surface area contributed by atoms with Crippen LogP contribution in [0.15, 0.2) is 42.5 Å². The number of aryl methyl sites for hydroxylation is 2. The molecular formula is C20H19ClN4O. The van der Waals surface area contributed by atoms with Gasteiger partial charge in [0, 0.05) is 5.02 Å². The SMILES string of the molecule is Cc1ccc(COc2nn(Cc3ccc(Cl)cc3)c(N)c2C#N)c(C)c1. The average molecular weight is 367 g/mol. The number of aromatic nitrogens is 2. The predicted molar refractivity (Wildman–Crippen MR) is 102 cm³/mol. The fourth-order valence-corrected chi connectivity index (χ4v) is 2.82. The molecule has 6 heteroatoms. The summed E-state index contributed by atoms with van der Waals surface area (Å²) in [5, 5.41) is 14.5. The molecule has 0 saturated heterocycles. The summed E-state index contributed by atoms with van der Waals surface area (Å²) in [5.74, 6) is 0.539. The molecule has 0 radical (unpaired) electrons. The maximum absolute atomic E-state index is 9.42. The number of nitrogens with zero attached hydrogens (tertiary/aromatic N) is 3. The highest BCUT2D eigenvalue weighted by Crippen LogP contribution is 2.25. The van der Waals surface area contributed by atoms with Gasteiger partial charge in [0.1, 0.15) is 18.5 Å². The van der Waals surface area contributed by atoms with Crippen LogP contribution in [0.25, 0.3) is 0 Å². The molecule has 0 unspecified atom stereocenters. The summed E-state index contributed by atoms with van der Waals surface area (Å²) in [6, 6.07) is 15.6. The number of anilines is 1. The number of hydrogen-bond donors (Lipinski definition) is 1. The van der Waals surface area contributed by atoms with Gasteiger partial charge in [0.05, 0.1) is 6.54 Å². The monoisotopic (exact) mass is 366 g/mol. The number of hydrogen-bond acceptors (Lipinski definition) is 4. The van der Waals surface area contributed by atoms with Crippen molar-refractivity contribution < 1.29 is 4.74 Å². The number of ether oxygens (including phenoxy) is 1. The summed E-state index contributed by atoms with van der Waals surface area (Å²) in [7, 11) is 0. The lowest BCUT2D eigenvalue weighted by atomic mass is 10.1. The third-order valence-corrected chi connectivity index (χ3v) is 4.43. The maximum Gasteiger partial charge on any atom is 0.253 e. The van der Waals surface area contributed by atoms with Gasteiger partial charge in [-0.1, -0.05) is 47.5 Å². The van der Waals surface area contributed by atoms with Crippen molar-refractivity contribution in [1.82, 2.24) is 9.78 Å². The predicted octanol–water partition coefficient (Wildman–Crippen LogP) is 4.23. The van der Waals surface area contributed by atoms with E-state index in [2.05, 4.69) is 17.2 Å². The lowest BCUT2D eigenvalue weighted by Gasteiger charge is -2.07. The van der Waals surface area contributed by atoms with Gasteiger partial charge >= 0.3 is 0 Å². The van der Waals surface area contributed by atoms with E-state index in [0.717, 1.165) is 16.7 Å². The normalized spacial score (nSPS) is 10.5.